The van der Waals surface area contributed by atoms with Crippen LogP contribution in [0.15, 0.2) is 84.9 Å². The number of fused-ring (bicyclic) bond motifs is 1. The molecule has 0 aromatic heterocycles. The summed E-state index contributed by atoms with van der Waals surface area (Å²) in [6.07, 6.45) is -0.958. The summed E-state index contributed by atoms with van der Waals surface area (Å²) in [4.78, 5) is 13.1. The molecule has 32 heavy (non-hydrogen) atoms. The van der Waals surface area contributed by atoms with Crippen LogP contribution in [0.3, 0.4) is 0 Å². The largest absolute Gasteiger partial charge is 0.386 e. The van der Waals surface area contributed by atoms with Crippen molar-refractivity contribution in [1.29, 1.82) is 0 Å². The van der Waals surface area contributed by atoms with Gasteiger partial charge in [0.2, 0.25) is 0 Å². The van der Waals surface area contributed by atoms with Gasteiger partial charge in [-0.2, -0.15) is 0 Å². The fraction of sp³-hybridized carbons (Fsp3) is 0.115. The molecule has 1 amide bonds. The van der Waals surface area contributed by atoms with Gasteiger partial charge in [-0.25, -0.2) is 13.2 Å². The fourth-order valence-electron chi connectivity index (χ4n) is 3.71. The summed E-state index contributed by atoms with van der Waals surface area (Å²) in [6.45, 7) is 0. The first-order valence-electron chi connectivity index (χ1n) is 10.1. The van der Waals surface area contributed by atoms with Crippen molar-refractivity contribution in [3.63, 3.8) is 0 Å². The lowest BCUT2D eigenvalue weighted by molar-refractivity contribution is 0.0833. The molecule has 0 spiro atoms. The van der Waals surface area contributed by atoms with Gasteiger partial charge in [-0.15, -0.1) is 0 Å². The van der Waals surface area contributed by atoms with Crippen molar-refractivity contribution in [1.82, 2.24) is 5.32 Å². The van der Waals surface area contributed by atoms with Crippen LogP contribution in [0.25, 0.3) is 10.8 Å². The van der Waals surface area contributed by atoms with Gasteiger partial charge in [-0.3, -0.25) is 4.79 Å². The van der Waals surface area contributed by atoms with Gasteiger partial charge in [0, 0.05) is 10.9 Å². The van der Waals surface area contributed by atoms with E-state index in [4.69, 9.17) is 0 Å². The number of hydrogen-bond acceptors (Lipinski definition) is 2. The van der Waals surface area contributed by atoms with E-state index in [1.54, 1.807) is 36.4 Å². The maximum absolute atomic E-state index is 14.2. The molecule has 3 nitrogen and oxygen atoms in total. The smallest absolute Gasteiger partial charge is 0.252 e. The second kappa shape index (κ2) is 9.24. The van der Waals surface area contributed by atoms with Crippen LogP contribution in [0, 0.1) is 17.5 Å². The van der Waals surface area contributed by atoms with Gasteiger partial charge in [0.1, 0.15) is 17.5 Å². The maximum atomic E-state index is 14.2. The third kappa shape index (κ3) is 4.65. The molecule has 0 saturated heterocycles. The molecule has 0 radical (unpaired) electrons. The van der Waals surface area contributed by atoms with E-state index in [2.05, 4.69) is 5.32 Å². The van der Waals surface area contributed by atoms with Crippen LogP contribution in [0.5, 0.6) is 0 Å². The second-order valence-corrected chi connectivity index (χ2v) is 7.55. The van der Waals surface area contributed by atoms with Crippen molar-refractivity contribution < 1.29 is 23.1 Å². The molecule has 4 aromatic rings. The van der Waals surface area contributed by atoms with Crippen LogP contribution >= 0.6 is 0 Å². The minimum Gasteiger partial charge on any atom is -0.386 e. The summed E-state index contributed by atoms with van der Waals surface area (Å²) < 4.78 is 40.8. The van der Waals surface area contributed by atoms with Crippen molar-refractivity contribution in [2.75, 3.05) is 0 Å². The molecule has 0 saturated carbocycles. The minimum atomic E-state index is -1.16. The first-order valence-corrected chi connectivity index (χ1v) is 10.1. The quantitative estimate of drug-likeness (QED) is 0.430. The zero-order valence-corrected chi connectivity index (χ0v) is 16.9. The molecular formula is C26H20F3NO2. The number of carbonyl (C=O) groups is 1. The van der Waals surface area contributed by atoms with Crippen molar-refractivity contribution >= 4 is 16.7 Å². The van der Waals surface area contributed by atoms with Crippen LogP contribution in [-0.4, -0.2) is 17.1 Å². The number of rotatable bonds is 6. The van der Waals surface area contributed by atoms with E-state index in [0.717, 1.165) is 0 Å². The van der Waals surface area contributed by atoms with Crippen molar-refractivity contribution in [2.45, 2.75) is 18.6 Å². The zero-order chi connectivity index (χ0) is 22.7. The number of benzene rings is 4. The molecule has 2 atom stereocenters. The summed E-state index contributed by atoms with van der Waals surface area (Å²) in [6, 6.07) is 19.5. The highest BCUT2D eigenvalue weighted by molar-refractivity contribution is 6.07. The lowest BCUT2D eigenvalue weighted by atomic mass is 9.95. The Morgan fingerprint density at radius 2 is 1.38 bits per heavy atom. The lowest BCUT2D eigenvalue weighted by Crippen LogP contribution is -2.41. The predicted octanol–water partition coefficient (Wildman–Crippen LogP) is 5.33. The van der Waals surface area contributed by atoms with Crippen LogP contribution in [0.4, 0.5) is 13.2 Å². The molecule has 2 unspecified atom stereocenters. The highest BCUT2D eigenvalue weighted by Gasteiger charge is 2.25. The molecule has 0 aliphatic rings. The molecular weight excluding hydrogens is 415 g/mol. The molecule has 0 bridgehead atoms. The van der Waals surface area contributed by atoms with E-state index in [1.165, 1.54) is 48.5 Å². The molecule has 4 aromatic carbocycles. The van der Waals surface area contributed by atoms with E-state index < -0.39 is 35.5 Å². The molecule has 0 aliphatic carbocycles. The van der Waals surface area contributed by atoms with E-state index in [1.807, 2.05) is 0 Å². The first kappa shape index (κ1) is 21.6. The van der Waals surface area contributed by atoms with E-state index in [9.17, 15) is 23.1 Å². The highest BCUT2D eigenvalue weighted by Crippen LogP contribution is 2.24. The average Bonchev–Trinajstić information content (AvgIpc) is 2.80. The molecule has 6 heteroatoms. The van der Waals surface area contributed by atoms with Crippen molar-refractivity contribution in [3.05, 3.63) is 119 Å². The van der Waals surface area contributed by atoms with Crippen LogP contribution in [-0.2, 0) is 6.42 Å². The molecule has 0 fully saturated rings. The van der Waals surface area contributed by atoms with Crippen LogP contribution in [0.1, 0.15) is 27.6 Å². The van der Waals surface area contributed by atoms with Gasteiger partial charge in [0.15, 0.2) is 0 Å². The SMILES string of the molecule is O=C(NC(Cc1ccc(F)cc1)C(O)c1ccc(F)cc1)c1ccc(F)c2ccccc12. The summed E-state index contributed by atoms with van der Waals surface area (Å²) in [5, 5.41) is 14.6. The number of hydrogen-bond donors (Lipinski definition) is 2. The normalized spacial score (nSPS) is 13.0. The molecule has 162 valence electrons. The third-order valence-electron chi connectivity index (χ3n) is 5.39. The summed E-state index contributed by atoms with van der Waals surface area (Å²) in [5.41, 5.74) is 1.38. The number of halogens is 3. The Kier molecular flexibility index (Phi) is 6.23. The van der Waals surface area contributed by atoms with E-state index in [-0.39, 0.29) is 12.0 Å². The molecule has 2 N–H and O–H groups in total. The average molecular weight is 435 g/mol. The number of carbonyl (C=O) groups excluding carboxylic acids is 1. The first-order chi connectivity index (χ1) is 15.4. The van der Waals surface area contributed by atoms with Crippen molar-refractivity contribution in [2.24, 2.45) is 0 Å². The fourth-order valence-corrected chi connectivity index (χ4v) is 3.71. The van der Waals surface area contributed by atoms with Crippen molar-refractivity contribution in [3.8, 4) is 0 Å². The number of aliphatic hydroxyl groups excluding tert-OH is 1. The van der Waals surface area contributed by atoms with Gasteiger partial charge < -0.3 is 10.4 Å². The summed E-state index contributed by atoms with van der Waals surface area (Å²) in [7, 11) is 0. The van der Waals surface area contributed by atoms with E-state index >= 15 is 0 Å². The Morgan fingerprint density at radius 3 is 2.03 bits per heavy atom. The Balaban J connectivity index is 1.66. The Hall–Kier alpha value is -3.64. The number of amides is 1. The summed E-state index contributed by atoms with van der Waals surface area (Å²) in [5.74, 6) is -1.77. The lowest BCUT2D eigenvalue weighted by Gasteiger charge is -2.25. The highest BCUT2D eigenvalue weighted by atomic mass is 19.1. The van der Waals surface area contributed by atoms with Gasteiger partial charge in [0.05, 0.1) is 12.1 Å². The standard InChI is InChI=1S/C26H20F3NO2/c27-18-9-5-16(6-10-18)15-24(25(31)17-7-11-19(28)12-8-17)30-26(32)22-13-14-23(29)21-4-2-1-3-20(21)22/h1-14,24-25,31H,15H2,(H,30,32). The second-order valence-electron chi connectivity index (χ2n) is 7.55. The Morgan fingerprint density at radius 1 is 0.781 bits per heavy atom. The Bertz CT molecular complexity index is 1240. The van der Waals surface area contributed by atoms with Gasteiger partial charge in [0.25, 0.3) is 5.91 Å². The Labute approximate surface area is 183 Å². The molecule has 0 heterocycles. The third-order valence-corrected chi connectivity index (χ3v) is 5.39. The topological polar surface area (TPSA) is 49.3 Å². The summed E-state index contributed by atoms with van der Waals surface area (Å²) >= 11 is 0. The van der Waals surface area contributed by atoms with Crippen LogP contribution in [0.2, 0.25) is 0 Å². The maximum Gasteiger partial charge on any atom is 0.252 e. The predicted molar refractivity (Wildman–Crippen MR) is 117 cm³/mol. The molecule has 0 aliphatic heterocycles. The van der Waals surface area contributed by atoms with Gasteiger partial charge >= 0.3 is 0 Å². The van der Waals surface area contributed by atoms with E-state index in [0.29, 0.717) is 21.9 Å². The van der Waals surface area contributed by atoms with Gasteiger partial charge in [-0.1, -0.05) is 48.5 Å². The number of aliphatic hydroxyl groups is 1. The monoisotopic (exact) mass is 435 g/mol. The zero-order valence-electron chi connectivity index (χ0n) is 16.9. The number of nitrogens with one attached hydrogen (secondary N) is 1. The van der Waals surface area contributed by atoms with Crippen LogP contribution < -0.4 is 5.32 Å². The molecule has 4 rings (SSSR count). The minimum absolute atomic E-state index is 0.198. The van der Waals surface area contributed by atoms with Gasteiger partial charge in [-0.05, 0) is 59.3 Å².